The van der Waals surface area contributed by atoms with Crippen LogP contribution >= 0.6 is 0 Å². The Hall–Kier alpha value is -0.770. The zero-order valence-electron chi connectivity index (χ0n) is 8.05. The van der Waals surface area contributed by atoms with Crippen molar-refractivity contribution < 1.29 is 4.79 Å². The molecule has 72 valence electrons. The standard InChI is InChI=1S/C8H19N3O/c1-8(2,3)6(4-5-9)11-7(10)12/h6H,4-5,9H2,1-3H3,(H3,10,11,12). The highest BCUT2D eigenvalue weighted by atomic mass is 16.2. The molecule has 1 unspecified atom stereocenters. The lowest BCUT2D eigenvalue weighted by atomic mass is 9.85. The van der Waals surface area contributed by atoms with Crippen LogP contribution < -0.4 is 16.8 Å². The Morgan fingerprint density at radius 1 is 1.50 bits per heavy atom. The Morgan fingerprint density at radius 3 is 2.25 bits per heavy atom. The van der Waals surface area contributed by atoms with Gasteiger partial charge in [-0.25, -0.2) is 4.79 Å². The van der Waals surface area contributed by atoms with Crippen molar-refractivity contribution in [3.8, 4) is 0 Å². The molecule has 0 saturated carbocycles. The van der Waals surface area contributed by atoms with E-state index < -0.39 is 6.03 Å². The van der Waals surface area contributed by atoms with Crippen LogP contribution in [0.3, 0.4) is 0 Å². The first-order valence-electron chi connectivity index (χ1n) is 4.14. The van der Waals surface area contributed by atoms with E-state index in [4.69, 9.17) is 11.5 Å². The van der Waals surface area contributed by atoms with E-state index in [9.17, 15) is 4.79 Å². The molecule has 0 saturated heterocycles. The Kier molecular flexibility index (Phi) is 4.03. The van der Waals surface area contributed by atoms with Gasteiger partial charge in [0.1, 0.15) is 0 Å². The molecule has 4 nitrogen and oxygen atoms in total. The van der Waals surface area contributed by atoms with Gasteiger partial charge in [-0.05, 0) is 18.4 Å². The maximum Gasteiger partial charge on any atom is 0.312 e. The third kappa shape index (κ3) is 4.18. The molecule has 0 heterocycles. The number of amides is 2. The van der Waals surface area contributed by atoms with Crippen molar-refractivity contribution in [2.24, 2.45) is 16.9 Å². The average Bonchev–Trinajstić information content (AvgIpc) is 1.83. The van der Waals surface area contributed by atoms with Gasteiger partial charge < -0.3 is 16.8 Å². The molecular weight excluding hydrogens is 154 g/mol. The van der Waals surface area contributed by atoms with E-state index in [1.807, 2.05) is 20.8 Å². The molecule has 12 heavy (non-hydrogen) atoms. The van der Waals surface area contributed by atoms with Gasteiger partial charge in [0.15, 0.2) is 0 Å². The highest BCUT2D eigenvalue weighted by Gasteiger charge is 2.24. The predicted octanol–water partition coefficient (Wildman–Crippen LogP) is 0.418. The number of urea groups is 1. The van der Waals surface area contributed by atoms with Crippen molar-refractivity contribution in [1.82, 2.24) is 5.32 Å². The first-order chi connectivity index (χ1) is 5.38. The van der Waals surface area contributed by atoms with Crippen molar-refractivity contribution in [2.75, 3.05) is 6.54 Å². The minimum Gasteiger partial charge on any atom is -0.352 e. The third-order valence-corrected chi connectivity index (χ3v) is 1.82. The van der Waals surface area contributed by atoms with Crippen LogP contribution in [0.1, 0.15) is 27.2 Å². The molecule has 0 aliphatic carbocycles. The summed E-state index contributed by atoms with van der Waals surface area (Å²) in [7, 11) is 0. The lowest BCUT2D eigenvalue weighted by molar-refractivity contribution is 0.222. The molecule has 0 aromatic carbocycles. The number of primary amides is 1. The molecule has 1 atom stereocenters. The first kappa shape index (κ1) is 11.2. The molecular formula is C8H19N3O. The summed E-state index contributed by atoms with van der Waals surface area (Å²) in [6, 6.07) is -0.427. The Morgan fingerprint density at radius 2 is 2.00 bits per heavy atom. The summed E-state index contributed by atoms with van der Waals surface area (Å²) in [5.74, 6) is 0. The van der Waals surface area contributed by atoms with Crippen molar-refractivity contribution in [2.45, 2.75) is 33.2 Å². The highest BCUT2D eigenvalue weighted by molar-refractivity contribution is 5.72. The summed E-state index contributed by atoms with van der Waals surface area (Å²) in [4.78, 5) is 10.6. The zero-order valence-corrected chi connectivity index (χ0v) is 8.05. The molecule has 0 fully saturated rings. The van der Waals surface area contributed by atoms with Crippen LogP contribution in [0.2, 0.25) is 0 Å². The summed E-state index contributed by atoms with van der Waals surface area (Å²) < 4.78 is 0. The monoisotopic (exact) mass is 173 g/mol. The largest absolute Gasteiger partial charge is 0.352 e. The van der Waals surface area contributed by atoms with E-state index in [-0.39, 0.29) is 11.5 Å². The van der Waals surface area contributed by atoms with Gasteiger partial charge >= 0.3 is 6.03 Å². The molecule has 5 N–H and O–H groups in total. The zero-order chi connectivity index (χ0) is 9.78. The van der Waals surface area contributed by atoms with Crippen LogP contribution in [0.15, 0.2) is 0 Å². The van der Waals surface area contributed by atoms with E-state index >= 15 is 0 Å². The molecule has 4 heteroatoms. The van der Waals surface area contributed by atoms with Crippen molar-refractivity contribution in [1.29, 1.82) is 0 Å². The fourth-order valence-electron chi connectivity index (χ4n) is 1.06. The van der Waals surface area contributed by atoms with Crippen LogP contribution in [-0.2, 0) is 0 Å². The molecule has 0 rings (SSSR count). The van der Waals surface area contributed by atoms with Gasteiger partial charge in [0.05, 0.1) is 0 Å². The number of hydrogen-bond donors (Lipinski definition) is 3. The summed E-state index contributed by atoms with van der Waals surface area (Å²) >= 11 is 0. The van der Waals surface area contributed by atoms with E-state index in [1.165, 1.54) is 0 Å². The second-order valence-electron chi connectivity index (χ2n) is 4.00. The van der Waals surface area contributed by atoms with Gasteiger partial charge in [-0.15, -0.1) is 0 Å². The predicted molar refractivity (Wildman–Crippen MR) is 49.6 cm³/mol. The summed E-state index contributed by atoms with van der Waals surface area (Å²) in [5.41, 5.74) is 10.4. The maximum absolute atomic E-state index is 10.6. The van der Waals surface area contributed by atoms with Crippen LogP contribution in [0, 0.1) is 5.41 Å². The average molecular weight is 173 g/mol. The minimum absolute atomic E-state index is 0.00833. The van der Waals surface area contributed by atoms with E-state index in [2.05, 4.69) is 5.32 Å². The number of carbonyl (C=O) groups excluding carboxylic acids is 1. The fraction of sp³-hybridized carbons (Fsp3) is 0.875. The summed E-state index contributed by atoms with van der Waals surface area (Å²) in [5, 5.41) is 2.68. The fourth-order valence-corrected chi connectivity index (χ4v) is 1.06. The van der Waals surface area contributed by atoms with Gasteiger partial charge in [-0.3, -0.25) is 0 Å². The molecule has 0 aromatic heterocycles. The Bertz CT molecular complexity index is 151. The molecule has 0 radical (unpaired) electrons. The smallest absolute Gasteiger partial charge is 0.312 e. The van der Waals surface area contributed by atoms with Gasteiger partial charge in [-0.2, -0.15) is 0 Å². The number of rotatable bonds is 3. The highest BCUT2D eigenvalue weighted by Crippen LogP contribution is 2.20. The van der Waals surface area contributed by atoms with E-state index in [0.29, 0.717) is 6.54 Å². The lowest BCUT2D eigenvalue weighted by Crippen LogP contribution is -2.47. The second kappa shape index (κ2) is 4.30. The molecule has 0 spiro atoms. The molecule has 0 aliphatic heterocycles. The number of hydrogen-bond acceptors (Lipinski definition) is 2. The van der Waals surface area contributed by atoms with E-state index in [1.54, 1.807) is 0 Å². The second-order valence-corrected chi connectivity index (χ2v) is 4.00. The van der Waals surface area contributed by atoms with Crippen molar-refractivity contribution in [3.05, 3.63) is 0 Å². The molecule has 2 amide bonds. The SMILES string of the molecule is CC(C)(C)C(CCN)NC(N)=O. The lowest BCUT2D eigenvalue weighted by Gasteiger charge is -2.30. The number of nitrogens with two attached hydrogens (primary N) is 2. The van der Waals surface area contributed by atoms with Crippen LogP contribution in [0.5, 0.6) is 0 Å². The van der Waals surface area contributed by atoms with Gasteiger partial charge in [0.2, 0.25) is 0 Å². The van der Waals surface area contributed by atoms with E-state index in [0.717, 1.165) is 6.42 Å². The number of carbonyl (C=O) groups is 1. The van der Waals surface area contributed by atoms with Gasteiger partial charge in [-0.1, -0.05) is 20.8 Å². The van der Waals surface area contributed by atoms with Crippen LogP contribution in [0.4, 0.5) is 4.79 Å². The minimum atomic E-state index is -0.483. The number of nitrogens with one attached hydrogen (secondary N) is 1. The van der Waals surface area contributed by atoms with Crippen LogP contribution in [-0.4, -0.2) is 18.6 Å². The molecule has 0 aliphatic rings. The summed E-state index contributed by atoms with van der Waals surface area (Å²) in [6.07, 6.45) is 0.756. The third-order valence-electron chi connectivity index (χ3n) is 1.82. The quantitative estimate of drug-likeness (QED) is 0.578. The van der Waals surface area contributed by atoms with Gasteiger partial charge in [0.25, 0.3) is 0 Å². The van der Waals surface area contributed by atoms with Crippen LogP contribution in [0.25, 0.3) is 0 Å². The normalized spacial score (nSPS) is 14.0. The first-order valence-corrected chi connectivity index (χ1v) is 4.14. The molecule has 0 aromatic rings. The van der Waals surface area contributed by atoms with Crippen molar-refractivity contribution in [3.63, 3.8) is 0 Å². The topological polar surface area (TPSA) is 81.1 Å². The summed E-state index contributed by atoms with van der Waals surface area (Å²) in [6.45, 7) is 6.69. The Balaban J connectivity index is 4.13. The maximum atomic E-state index is 10.6. The van der Waals surface area contributed by atoms with Gasteiger partial charge in [0, 0.05) is 6.04 Å². The molecule has 0 bridgehead atoms. The Labute approximate surface area is 73.7 Å². The van der Waals surface area contributed by atoms with Crippen molar-refractivity contribution >= 4 is 6.03 Å².